The molecule has 0 spiro atoms. The summed E-state index contributed by atoms with van der Waals surface area (Å²) >= 11 is 0. The van der Waals surface area contributed by atoms with Gasteiger partial charge in [-0.15, -0.1) is 0 Å². The van der Waals surface area contributed by atoms with E-state index in [4.69, 9.17) is 5.11 Å². The summed E-state index contributed by atoms with van der Waals surface area (Å²) in [5.41, 5.74) is 0.136. The van der Waals surface area contributed by atoms with Crippen LogP contribution < -0.4 is 5.32 Å². The van der Waals surface area contributed by atoms with E-state index < -0.39 is 11.6 Å². The second-order valence-electron chi connectivity index (χ2n) is 5.42. The molecule has 0 atom stereocenters. The molecule has 1 aromatic rings. The summed E-state index contributed by atoms with van der Waals surface area (Å²) in [6, 6.07) is 2.95. The van der Waals surface area contributed by atoms with Crippen molar-refractivity contribution >= 4 is 11.6 Å². The zero-order valence-corrected chi connectivity index (χ0v) is 11.8. The number of carbonyl (C=O) groups excluding carboxylic acids is 1. The van der Waals surface area contributed by atoms with Crippen LogP contribution in [0.2, 0.25) is 0 Å². The number of benzene rings is 1. The monoisotopic (exact) mass is 298 g/mol. The third-order valence-corrected chi connectivity index (χ3v) is 3.77. The highest BCUT2D eigenvalue weighted by Crippen LogP contribution is 2.17. The molecular weight excluding hydrogens is 278 g/mol. The Morgan fingerprint density at radius 1 is 1.24 bits per heavy atom. The minimum Gasteiger partial charge on any atom is -0.396 e. The molecular formula is C15H20F2N2O2. The minimum absolute atomic E-state index is 0.136. The van der Waals surface area contributed by atoms with Gasteiger partial charge in [-0.05, 0) is 44.0 Å². The Morgan fingerprint density at radius 3 is 2.43 bits per heavy atom. The fourth-order valence-electron chi connectivity index (χ4n) is 2.50. The van der Waals surface area contributed by atoms with Crippen LogP contribution in [0, 0.1) is 17.6 Å². The van der Waals surface area contributed by atoms with Crippen molar-refractivity contribution in [3.8, 4) is 0 Å². The van der Waals surface area contributed by atoms with E-state index in [9.17, 15) is 13.6 Å². The van der Waals surface area contributed by atoms with Crippen molar-refractivity contribution in [3.63, 3.8) is 0 Å². The van der Waals surface area contributed by atoms with Crippen LogP contribution in [-0.2, 0) is 4.79 Å². The normalized spacial score (nSPS) is 16.9. The summed E-state index contributed by atoms with van der Waals surface area (Å²) in [6.45, 7) is 2.57. The minimum atomic E-state index is -0.712. The van der Waals surface area contributed by atoms with Gasteiger partial charge in [0.25, 0.3) is 0 Å². The molecule has 0 aliphatic carbocycles. The van der Waals surface area contributed by atoms with Crippen molar-refractivity contribution < 1.29 is 18.7 Å². The lowest BCUT2D eigenvalue weighted by atomic mass is 9.98. The van der Waals surface area contributed by atoms with Gasteiger partial charge in [0.15, 0.2) is 0 Å². The lowest BCUT2D eigenvalue weighted by Gasteiger charge is -2.30. The van der Waals surface area contributed by atoms with Gasteiger partial charge >= 0.3 is 0 Å². The van der Waals surface area contributed by atoms with Gasteiger partial charge in [0, 0.05) is 31.3 Å². The molecule has 6 heteroatoms. The number of aliphatic hydroxyl groups is 1. The smallest absolute Gasteiger partial charge is 0.225 e. The Kier molecular flexibility index (Phi) is 5.64. The lowest BCUT2D eigenvalue weighted by molar-refractivity contribution is -0.116. The second-order valence-corrected chi connectivity index (χ2v) is 5.42. The largest absolute Gasteiger partial charge is 0.396 e. The third-order valence-electron chi connectivity index (χ3n) is 3.77. The average Bonchev–Trinajstić information content (AvgIpc) is 2.44. The Balaban J connectivity index is 1.75. The van der Waals surface area contributed by atoms with Crippen LogP contribution in [0.1, 0.15) is 19.3 Å². The van der Waals surface area contributed by atoms with E-state index in [2.05, 4.69) is 10.2 Å². The molecule has 1 aliphatic rings. The number of carbonyl (C=O) groups is 1. The summed E-state index contributed by atoms with van der Waals surface area (Å²) in [7, 11) is 0. The molecule has 0 radical (unpaired) electrons. The number of anilines is 1. The number of nitrogens with zero attached hydrogens (tertiary/aromatic N) is 1. The van der Waals surface area contributed by atoms with Crippen molar-refractivity contribution in [2.24, 2.45) is 5.92 Å². The third kappa shape index (κ3) is 5.06. The summed E-state index contributed by atoms with van der Waals surface area (Å²) < 4.78 is 26.0. The molecule has 1 amide bonds. The first-order chi connectivity index (χ1) is 10.1. The number of halogens is 2. The predicted molar refractivity (Wildman–Crippen MR) is 75.9 cm³/mol. The standard InChI is InChI=1S/C15H20F2N2O2/c16-12-7-13(17)9-14(8-12)18-15(21)3-6-19-4-1-11(10-20)2-5-19/h7-9,11,20H,1-6,10H2,(H,18,21). The van der Waals surface area contributed by atoms with E-state index in [-0.39, 0.29) is 24.6 Å². The summed E-state index contributed by atoms with van der Waals surface area (Å²) in [4.78, 5) is 13.9. The van der Waals surface area contributed by atoms with Gasteiger partial charge in [0.1, 0.15) is 11.6 Å². The number of amides is 1. The average molecular weight is 298 g/mol. The van der Waals surface area contributed by atoms with Crippen LogP contribution in [0.5, 0.6) is 0 Å². The number of rotatable bonds is 5. The number of nitrogens with one attached hydrogen (secondary N) is 1. The van der Waals surface area contributed by atoms with E-state index in [1.54, 1.807) is 0 Å². The Hall–Kier alpha value is -1.53. The topological polar surface area (TPSA) is 52.6 Å². The first-order valence-corrected chi connectivity index (χ1v) is 7.16. The van der Waals surface area contributed by atoms with Gasteiger partial charge in [-0.3, -0.25) is 4.79 Å². The summed E-state index contributed by atoms with van der Waals surface area (Å²) in [6.07, 6.45) is 2.16. The number of hydrogen-bond donors (Lipinski definition) is 2. The highest BCUT2D eigenvalue weighted by Gasteiger charge is 2.18. The highest BCUT2D eigenvalue weighted by atomic mass is 19.1. The molecule has 1 aromatic carbocycles. The quantitative estimate of drug-likeness (QED) is 0.874. The zero-order chi connectivity index (χ0) is 15.2. The van der Waals surface area contributed by atoms with Crippen LogP contribution in [0.15, 0.2) is 18.2 Å². The van der Waals surface area contributed by atoms with E-state index in [1.807, 2.05) is 0 Å². The molecule has 116 valence electrons. The molecule has 1 fully saturated rings. The van der Waals surface area contributed by atoms with Crippen molar-refractivity contribution in [2.45, 2.75) is 19.3 Å². The predicted octanol–water partition coefficient (Wildman–Crippen LogP) is 2.00. The molecule has 0 bridgehead atoms. The van der Waals surface area contributed by atoms with Gasteiger partial charge in [0.05, 0.1) is 0 Å². The fourth-order valence-corrected chi connectivity index (χ4v) is 2.50. The first-order valence-electron chi connectivity index (χ1n) is 7.16. The van der Waals surface area contributed by atoms with Crippen LogP contribution in [0.25, 0.3) is 0 Å². The number of hydrogen-bond acceptors (Lipinski definition) is 3. The van der Waals surface area contributed by atoms with Gasteiger partial charge < -0.3 is 15.3 Å². The molecule has 2 N–H and O–H groups in total. The number of likely N-dealkylation sites (tertiary alicyclic amines) is 1. The lowest BCUT2D eigenvalue weighted by Crippen LogP contribution is -2.36. The van der Waals surface area contributed by atoms with Crippen molar-refractivity contribution in [2.75, 3.05) is 31.6 Å². The molecule has 1 heterocycles. The van der Waals surface area contributed by atoms with Crippen molar-refractivity contribution in [1.29, 1.82) is 0 Å². The second kappa shape index (κ2) is 7.47. The maximum Gasteiger partial charge on any atom is 0.225 e. The van der Waals surface area contributed by atoms with E-state index in [0.717, 1.165) is 44.1 Å². The highest BCUT2D eigenvalue weighted by molar-refractivity contribution is 5.90. The summed E-state index contributed by atoms with van der Waals surface area (Å²) in [5.74, 6) is -1.32. The number of aliphatic hydroxyl groups excluding tert-OH is 1. The van der Waals surface area contributed by atoms with Crippen LogP contribution in [-0.4, -0.2) is 42.2 Å². The van der Waals surface area contributed by atoms with Crippen molar-refractivity contribution in [1.82, 2.24) is 4.90 Å². The fraction of sp³-hybridized carbons (Fsp3) is 0.533. The molecule has 1 saturated heterocycles. The maximum absolute atomic E-state index is 13.0. The Bertz CT molecular complexity index is 468. The molecule has 2 rings (SSSR count). The number of piperidine rings is 1. The van der Waals surface area contributed by atoms with Crippen LogP contribution in [0.4, 0.5) is 14.5 Å². The Labute approximate surface area is 122 Å². The molecule has 0 unspecified atom stereocenters. The van der Waals surface area contributed by atoms with Crippen LogP contribution >= 0.6 is 0 Å². The molecule has 21 heavy (non-hydrogen) atoms. The molecule has 0 aromatic heterocycles. The van der Waals surface area contributed by atoms with E-state index >= 15 is 0 Å². The van der Waals surface area contributed by atoms with Gasteiger partial charge in [-0.25, -0.2) is 8.78 Å². The SMILES string of the molecule is O=C(CCN1CCC(CO)CC1)Nc1cc(F)cc(F)c1. The molecule has 1 aliphatic heterocycles. The van der Waals surface area contributed by atoms with Crippen molar-refractivity contribution in [3.05, 3.63) is 29.8 Å². The van der Waals surface area contributed by atoms with E-state index in [1.165, 1.54) is 0 Å². The maximum atomic E-state index is 13.0. The van der Waals surface area contributed by atoms with Gasteiger partial charge in [-0.2, -0.15) is 0 Å². The summed E-state index contributed by atoms with van der Waals surface area (Å²) in [5, 5.41) is 11.6. The molecule has 4 nitrogen and oxygen atoms in total. The Morgan fingerprint density at radius 2 is 1.86 bits per heavy atom. The zero-order valence-electron chi connectivity index (χ0n) is 11.8. The van der Waals surface area contributed by atoms with Gasteiger partial charge in [-0.1, -0.05) is 0 Å². The van der Waals surface area contributed by atoms with E-state index in [0.29, 0.717) is 12.5 Å². The first kappa shape index (κ1) is 15.9. The molecule has 0 saturated carbocycles. The van der Waals surface area contributed by atoms with Crippen LogP contribution in [0.3, 0.4) is 0 Å². The van der Waals surface area contributed by atoms with Gasteiger partial charge in [0.2, 0.25) is 5.91 Å².